The maximum Gasteiger partial charge on any atom is 0.175 e. The van der Waals surface area contributed by atoms with Crippen molar-refractivity contribution in [1.82, 2.24) is 34.7 Å². The van der Waals surface area contributed by atoms with Gasteiger partial charge in [0.05, 0.1) is 5.69 Å². The van der Waals surface area contributed by atoms with E-state index in [1.165, 1.54) is 0 Å². The van der Waals surface area contributed by atoms with Gasteiger partial charge in [0.15, 0.2) is 11.6 Å². The minimum atomic E-state index is 0.612. The van der Waals surface area contributed by atoms with Crippen LogP contribution in [0.3, 0.4) is 0 Å². The first-order chi connectivity index (χ1) is 12.3. The summed E-state index contributed by atoms with van der Waals surface area (Å²) in [6.07, 6.45) is 7.26. The number of anilines is 1. The highest BCUT2D eigenvalue weighted by molar-refractivity contribution is 5.37. The van der Waals surface area contributed by atoms with Crippen molar-refractivity contribution in [2.75, 3.05) is 5.32 Å². The first kappa shape index (κ1) is 15.0. The molecule has 0 aliphatic rings. The maximum atomic E-state index is 4.40. The number of rotatable bonds is 5. The first-order valence-corrected chi connectivity index (χ1v) is 7.83. The van der Waals surface area contributed by atoms with E-state index in [4.69, 9.17) is 0 Å². The van der Waals surface area contributed by atoms with Gasteiger partial charge in [0.1, 0.15) is 5.82 Å². The fraction of sp³-hybridized carbons (Fsp3) is 0.118. The van der Waals surface area contributed by atoms with Gasteiger partial charge in [-0.15, -0.1) is 10.2 Å². The largest absolute Gasteiger partial charge is 0.364 e. The molecule has 4 aromatic rings. The third-order valence-electron chi connectivity index (χ3n) is 3.63. The van der Waals surface area contributed by atoms with Crippen LogP contribution in [0.15, 0.2) is 61.2 Å². The zero-order valence-corrected chi connectivity index (χ0v) is 13.6. The molecule has 8 heteroatoms. The molecule has 4 aromatic heterocycles. The molecule has 0 aromatic carbocycles. The Bertz CT molecular complexity index is 939. The second kappa shape index (κ2) is 6.52. The van der Waals surface area contributed by atoms with Gasteiger partial charge in [-0.3, -0.25) is 0 Å². The van der Waals surface area contributed by atoms with Gasteiger partial charge in [-0.1, -0.05) is 6.07 Å². The standard InChI is InChI=1S/C17H16N8/c1-13-7-10-25(23-13)17-6-4-15(21-22-17)18-11-14-3-5-16(19-12-14)24-9-2-8-20-24/h2-10,12H,11H2,1H3,(H,18,21). The Kier molecular flexibility index (Phi) is 3.91. The Hall–Kier alpha value is -3.55. The summed E-state index contributed by atoms with van der Waals surface area (Å²) in [5.74, 6) is 2.17. The van der Waals surface area contributed by atoms with Crippen LogP contribution >= 0.6 is 0 Å². The van der Waals surface area contributed by atoms with Crippen LogP contribution in [-0.2, 0) is 6.54 Å². The molecule has 124 valence electrons. The topological polar surface area (TPSA) is 86.3 Å². The third kappa shape index (κ3) is 3.37. The van der Waals surface area contributed by atoms with Crippen molar-refractivity contribution in [2.45, 2.75) is 13.5 Å². The van der Waals surface area contributed by atoms with Gasteiger partial charge in [-0.05, 0) is 42.8 Å². The smallest absolute Gasteiger partial charge is 0.175 e. The van der Waals surface area contributed by atoms with Gasteiger partial charge >= 0.3 is 0 Å². The Morgan fingerprint density at radius 2 is 1.88 bits per heavy atom. The number of aryl methyl sites for hydroxylation is 1. The Labute approximate surface area is 144 Å². The lowest BCUT2D eigenvalue weighted by Crippen LogP contribution is -2.06. The summed E-state index contributed by atoms with van der Waals surface area (Å²) in [5.41, 5.74) is 1.99. The molecule has 0 aliphatic carbocycles. The van der Waals surface area contributed by atoms with Crippen molar-refractivity contribution in [2.24, 2.45) is 0 Å². The fourth-order valence-corrected chi connectivity index (χ4v) is 2.34. The molecule has 0 spiro atoms. The van der Waals surface area contributed by atoms with E-state index in [0.29, 0.717) is 18.2 Å². The molecule has 0 atom stereocenters. The van der Waals surface area contributed by atoms with Crippen LogP contribution in [0.1, 0.15) is 11.3 Å². The summed E-state index contributed by atoms with van der Waals surface area (Å²) in [4.78, 5) is 4.40. The fourth-order valence-electron chi connectivity index (χ4n) is 2.34. The zero-order valence-electron chi connectivity index (χ0n) is 13.6. The molecule has 0 aliphatic heterocycles. The highest BCUT2D eigenvalue weighted by atomic mass is 15.3. The molecule has 4 rings (SSSR count). The van der Waals surface area contributed by atoms with Crippen LogP contribution in [0, 0.1) is 6.92 Å². The quantitative estimate of drug-likeness (QED) is 0.603. The molecular formula is C17H16N8. The molecule has 8 nitrogen and oxygen atoms in total. The lowest BCUT2D eigenvalue weighted by atomic mass is 10.3. The van der Waals surface area contributed by atoms with Crippen LogP contribution in [-0.4, -0.2) is 34.7 Å². The van der Waals surface area contributed by atoms with Gasteiger partial charge in [0, 0.05) is 31.3 Å². The normalized spacial score (nSPS) is 10.8. The van der Waals surface area contributed by atoms with Crippen molar-refractivity contribution in [1.29, 1.82) is 0 Å². The second-order valence-corrected chi connectivity index (χ2v) is 5.51. The molecule has 0 radical (unpaired) electrons. The number of hydrogen-bond donors (Lipinski definition) is 1. The highest BCUT2D eigenvalue weighted by Crippen LogP contribution is 2.09. The monoisotopic (exact) mass is 332 g/mol. The zero-order chi connectivity index (χ0) is 17.1. The second-order valence-electron chi connectivity index (χ2n) is 5.51. The van der Waals surface area contributed by atoms with E-state index < -0.39 is 0 Å². The number of nitrogens with one attached hydrogen (secondary N) is 1. The summed E-state index contributed by atoms with van der Waals surface area (Å²) < 4.78 is 3.42. The van der Waals surface area contributed by atoms with Gasteiger partial charge in [0.2, 0.25) is 0 Å². The van der Waals surface area contributed by atoms with E-state index in [9.17, 15) is 0 Å². The van der Waals surface area contributed by atoms with E-state index in [0.717, 1.165) is 17.1 Å². The summed E-state index contributed by atoms with van der Waals surface area (Å²) in [5, 5.41) is 20.1. The molecule has 0 bridgehead atoms. The molecule has 4 heterocycles. The van der Waals surface area contributed by atoms with Crippen LogP contribution in [0.25, 0.3) is 11.6 Å². The van der Waals surface area contributed by atoms with Gasteiger partial charge < -0.3 is 5.32 Å². The van der Waals surface area contributed by atoms with Gasteiger partial charge in [-0.25, -0.2) is 14.3 Å². The number of nitrogens with zero attached hydrogens (tertiary/aromatic N) is 7. The molecule has 1 N–H and O–H groups in total. The van der Waals surface area contributed by atoms with Crippen LogP contribution in [0.2, 0.25) is 0 Å². The van der Waals surface area contributed by atoms with Crippen LogP contribution < -0.4 is 5.32 Å². The van der Waals surface area contributed by atoms with Gasteiger partial charge in [0.25, 0.3) is 0 Å². The lowest BCUT2D eigenvalue weighted by Gasteiger charge is -2.07. The predicted octanol–water partition coefficient (Wildman–Crippen LogP) is 2.16. The first-order valence-electron chi connectivity index (χ1n) is 7.83. The van der Waals surface area contributed by atoms with Crippen LogP contribution in [0.5, 0.6) is 0 Å². The summed E-state index contributed by atoms with van der Waals surface area (Å²) in [6, 6.07) is 11.5. The molecule has 25 heavy (non-hydrogen) atoms. The third-order valence-corrected chi connectivity index (χ3v) is 3.63. The summed E-state index contributed by atoms with van der Waals surface area (Å²) in [6.45, 7) is 2.55. The molecule has 0 saturated carbocycles. The SMILES string of the molecule is Cc1ccn(-c2ccc(NCc3ccc(-n4cccn4)nc3)nn2)n1. The molecule has 0 saturated heterocycles. The Balaban J connectivity index is 1.39. The van der Waals surface area contributed by atoms with Crippen molar-refractivity contribution in [3.63, 3.8) is 0 Å². The van der Waals surface area contributed by atoms with E-state index in [2.05, 4.69) is 30.7 Å². The highest BCUT2D eigenvalue weighted by Gasteiger charge is 2.03. The minimum absolute atomic E-state index is 0.612. The lowest BCUT2D eigenvalue weighted by molar-refractivity contribution is 0.803. The van der Waals surface area contributed by atoms with E-state index in [1.807, 2.05) is 61.9 Å². The molecular weight excluding hydrogens is 316 g/mol. The number of hydrogen-bond acceptors (Lipinski definition) is 6. The average Bonchev–Trinajstić information content (AvgIpc) is 3.33. The molecule has 0 amide bonds. The summed E-state index contributed by atoms with van der Waals surface area (Å²) in [7, 11) is 0. The van der Waals surface area contributed by atoms with Crippen molar-refractivity contribution in [3.8, 4) is 11.6 Å². The average molecular weight is 332 g/mol. The number of aromatic nitrogens is 7. The van der Waals surface area contributed by atoms with Gasteiger partial charge in [-0.2, -0.15) is 10.2 Å². The number of pyridine rings is 1. The molecule has 0 fully saturated rings. The van der Waals surface area contributed by atoms with E-state index in [1.54, 1.807) is 15.6 Å². The Morgan fingerprint density at radius 3 is 2.52 bits per heavy atom. The summed E-state index contributed by atoms with van der Waals surface area (Å²) >= 11 is 0. The van der Waals surface area contributed by atoms with Crippen molar-refractivity contribution >= 4 is 5.82 Å². The molecule has 0 unspecified atom stereocenters. The predicted molar refractivity (Wildman–Crippen MR) is 92.6 cm³/mol. The Morgan fingerprint density at radius 1 is 0.960 bits per heavy atom. The van der Waals surface area contributed by atoms with E-state index >= 15 is 0 Å². The van der Waals surface area contributed by atoms with Crippen LogP contribution in [0.4, 0.5) is 5.82 Å². The van der Waals surface area contributed by atoms with Crippen molar-refractivity contribution in [3.05, 3.63) is 72.4 Å². The van der Waals surface area contributed by atoms with E-state index in [-0.39, 0.29) is 0 Å². The van der Waals surface area contributed by atoms with Crippen molar-refractivity contribution < 1.29 is 0 Å². The maximum absolute atomic E-state index is 4.40. The minimum Gasteiger partial charge on any atom is -0.364 e.